The Hall–Kier alpha value is -12.6. The van der Waals surface area contributed by atoms with E-state index in [1.165, 1.54) is 0 Å². The highest BCUT2D eigenvalue weighted by atomic mass is 16.2. The number of pyridine rings is 2. The zero-order valence-electron chi connectivity index (χ0n) is 58.5. The number of urea groups is 4. The number of nitrogens with zero attached hydrogens (tertiary/aromatic N) is 2. The maximum Gasteiger partial charge on any atom is 0.323 e. The maximum absolute atomic E-state index is 12.8. The minimum absolute atomic E-state index is 0.116. The molecule has 2 aromatic heterocycles. The lowest BCUT2D eigenvalue weighted by Crippen LogP contribution is -2.20. The van der Waals surface area contributed by atoms with E-state index in [9.17, 15) is 19.2 Å². The fraction of sp³-hybridized carbons (Fsp3) is 0.186. The Morgan fingerprint density at radius 3 is 0.630 bits per heavy atom. The zero-order valence-corrected chi connectivity index (χ0v) is 58.5. The number of carbonyl (C=O) groups is 4. The predicted octanol–water partition coefficient (Wildman–Crippen LogP) is 19.5. The number of hydrogen-bond acceptors (Lipinski definition) is 6. The van der Waals surface area contributed by atoms with Crippen molar-refractivity contribution in [1.29, 1.82) is 0 Å². The molecule has 0 radical (unpaired) electrons. The Morgan fingerprint density at radius 2 is 0.440 bits per heavy atom. The Kier molecular flexibility index (Phi) is 23.2. The molecule has 0 spiro atoms. The number of anilines is 8. The third-order valence-electron chi connectivity index (χ3n) is 15.5. The number of para-hydroxylation sites is 4. The van der Waals surface area contributed by atoms with Crippen LogP contribution in [0.4, 0.5) is 64.7 Å². The number of hydrogen-bond donors (Lipinski definition) is 8. The summed E-state index contributed by atoms with van der Waals surface area (Å²) in [7, 11) is 0. The molecule has 0 bridgehead atoms. The van der Waals surface area contributed by atoms with Crippen molar-refractivity contribution in [2.45, 2.75) is 105 Å². The van der Waals surface area contributed by atoms with E-state index < -0.39 is 0 Å². The van der Waals surface area contributed by atoms with Crippen LogP contribution >= 0.6 is 0 Å². The monoisotopic (exact) mass is 1320 g/mol. The second-order valence-electron chi connectivity index (χ2n) is 27.6. The molecule has 14 heteroatoms. The summed E-state index contributed by atoms with van der Waals surface area (Å²) in [5.74, 6) is 25.6. The van der Waals surface area contributed by atoms with Crippen LogP contribution in [0, 0.1) is 47.4 Å². The lowest BCUT2D eigenvalue weighted by Gasteiger charge is -2.20. The van der Waals surface area contributed by atoms with E-state index in [2.05, 4.69) is 173 Å². The van der Waals surface area contributed by atoms with E-state index in [4.69, 9.17) is 9.97 Å². The highest BCUT2D eigenvalue weighted by molar-refractivity contribution is 6.03. The second-order valence-corrected chi connectivity index (χ2v) is 27.6. The quantitative estimate of drug-likeness (QED) is 0.0699. The molecule has 8 aromatic carbocycles. The third kappa shape index (κ3) is 21.7. The van der Waals surface area contributed by atoms with Gasteiger partial charge in [0.05, 0.1) is 22.7 Å². The first-order valence-electron chi connectivity index (χ1n) is 32.8. The van der Waals surface area contributed by atoms with Crippen LogP contribution in [-0.2, 0) is 21.7 Å². The largest absolute Gasteiger partial charge is 0.323 e. The summed E-state index contributed by atoms with van der Waals surface area (Å²) in [5.41, 5.74) is 13.8. The van der Waals surface area contributed by atoms with E-state index in [1.54, 1.807) is 0 Å². The highest BCUT2D eigenvalue weighted by Crippen LogP contribution is 2.31. The van der Waals surface area contributed by atoms with Crippen LogP contribution in [0.1, 0.15) is 150 Å². The van der Waals surface area contributed by atoms with Crippen molar-refractivity contribution >= 4 is 69.6 Å². The van der Waals surface area contributed by atoms with Crippen LogP contribution in [0.5, 0.6) is 0 Å². The van der Waals surface area contributed by atoms with Crippen molar-refractivity contribution in [3.8, 4) is 47.4 Å². The summed E-state index contributed by atoms with van der Waals surface area (Å²) in [6, 6.07) is 70.1. The van der Waals surface area contributed by atoms with Gasteiger partial charge >= 0.3 is 24.1 Å². The normalized spacial score (nSPS) is 10.8. The molecular weight excluding hydrogens is 1240 g/mol. The van der Waals surface area contributed by atoms with E-state index in [0.29, 0.717) is 90.5 Å². The van der Waals surface area contributed by atoms with Crippen molar-refractivity contribution in [3.05, 3.63) is 298 Å². The number of amides is 8. The first-order valence-corrected chi connectivity index (χ1v) is 32.8. The van der Waals surface area contributed by atoms with Crippen LogP contribution in [-0.4, -0.2) is 34.1 Å². The molecule has 0 fully saturated rings. The van der Waals surface area contributed by atoms with Gasteiger partial charge in [-0.2, -0.15) is 0 Å². The van der Waals surface area contributed by atoms with Gasteiger partial charge < -0.3 is 42.5 Å². The molecule has 500 valence electrons. The van der Waals surface area contributed by atoms with E-state index >= 15 is 0 Å². The molecule has 8 N–H and O–H groups in total. The summed E-state index contributed by atoms with van der Waals surface area (Å²) in [4.78, 5) is 60.7. The minimum atomic E-state index is -0.361. The van der Waals surface area contributed by atoms with Crippen LogP contribution in [0.25, 0.3) is 0 Å². The lowest BCUT2D eigenvalue weighted by molar-refractivity contribution is 0.261. The van der Waals surface area contributed by atoms with Gasteiger partial charge in [-0.05, 0) is 189 Å². The summed E-state index contributed by atoms with van der Waals surface area (Å²) in [5, 5.41) is 23.2. The Bertz CT molecular complexity index is 4250. The summed E-state index contributed by atoms with van der Waals surface area (Å²) >= 11 is 0. The maximum atomic E-state index is 12.8. The SMILES string of the molecule is CC(C)(C)c1ccc(NC(=O)Nc2ccccc2)c(C#Cc2cccc(C#Cc3cc(C(C)(C)C)ccc3NC(=O)Nc3ccccc3)n2)c1.CC(C)(C)c1ccc(NC(=O)Nc2ccccc2)c(C#Cc2cccc(C#Cc3cc(C(C)(C)C)ccc3NC(=O)Nc3ccccc3)n2)c1. The van der Waals surface area contributed by atoms with Crippen LogP contribution < -0.4 is 42.5 Å². The number of carbonyl (C=O) groups excluding carboxylic acids is 4. The van der Waals surface area contributed by atoms with Crippen LogP contribution in [0.2, 0.25) is 0 Å². The molecule has 0 aliphatic heterocycles. The van der Waals surface area contributed by atoms with Crippen LogP contribution in [0.15, 0.2) is 231 Å². The van der Waals surface area contributed by atoms with E-state index in [-0.39, 0.29) is 45.8 Å². The molecule has 0 atom stereocenters. The van der Waals surface area contributed by atoms with Gasteiger partial charge in [0, 0.05) is 45.0 Å². The number of rotatable bonds is 8. The smallest absolute Gasteiger partial charge is 0.308 e. The van der Waals surface area contributed by atoms with Gasteiger partial charge in [0.2, 0.25) is 0 Å². The van der Waals surface area contributed by atoms with Gasteiger partial charge in [0.1, 0.15) is 22.8 Å². The summed E-state index contributed by atoms with van der Waals surface area (Å²) < 4.78 is 0. The molecule has 10 rings (SSSR count). The molecule has 0 saturated carbocycles. The second kappa shape index (κ2) is 32.4. The fourth-order valence-electron chi connectivity index (χ4n) is 9.79. The molecule has 0 aliphatic carbocycles. The van der Waals surface area contributed by atoms with Crippen molar-refractivity contribution in [2.24, 2.45) is 0 Å². The van der Waals surface area contributed by atoms with Crippen LogP contribution in [0.3, 0.4) is 0 Å². The molecule has 0 saturated heterocycles. The molecule has 14 nitrogen and oxygen atoms in total. The molecular formula is C86H82N10O4. The summed E-state index contributed by atoms with van der Waals surface area (Å²) in [6.07, 6.45) is 0. The lowest BCUT2D eigenvalue weighted by atomic mass is 9.86. The number of aromatic nitrogens is 2. The molecule has 0 unspecified atom stereocenters. The Balaban J connectivity index is 0.000000233. The fourth-order valence-corrected chi connectivity index (χ4v) is 9.79. The van der Waals surface area contributed by atoms with E-state index in [1.807, 2.05) is 231 Å². The van der Waals surface area contributed by atoms with Gasteiger partial charge in [-0.15, -0.1) is 0 Å². The Morgan fingerprint density at radius 1 is 0.240 bits per heavy atom. The van der Waals surface area contributed by atoms with Gasteiger partial charge in [0.25, 0.3) is 0 Å². The molecule has 10 aromatic rings. The third-order valence-corrected chi connectivity index (χ3v) is 15.5. The first-order chi connectivity index (χ1) is 47.7. The van der Waals surface area contributed by atoms with Crippen molar-refractivity contribution in [3.63, 3.8) is 0 Å². The van der Waals surface area contributed by atoms with Gasteiger partial charge in [-0.1, -0.05) is 216 Å². The van der Waals surface area contributed by atoms with E-state index in [0.717, 1.165) is 22.3 Å². The summed E-state index contributed by atoms with van der Waals surface area (Å²) in [6.45, 7) is 25.6. The van der Waals surface area contributed by atoms with Gasteiger partial charge in [0.15, 0.2) is 0 Å². The molecule has 8 amide bonds. The minimum Gasteiger partial charge on any atom is -0.308 e. The highest BCUT2D eigenvalue weighted by Gasteiger charge is 2.21. The zero-order chi connectivity index (χ0) is 71.5. The van der Waals surface area contributed by atoms with Crippen molar-refractivity contribution < 1.29 is 19.2 Å². The predicted molar refractivity (Wildman–Crippen MR) is 409 cm³/mol. The standard InChI is InChI=1S/2C43H41N5O2/c2*1-42(2,3)32-22-26-38(47-40(49)45-34-14-9-7-10-15-34)30(28-32)20-24-36-18-13-19-37(44-36)25-21-31-29-33(43(4,5)6)23-27-39(31)48-41(50)46-35-16-11-8-12-17-35/h2*7-19,22-23,26-29H,1-6H3,(H2,45,47,49)(H2,46,48,50). The molecule has 0 aliphatic rings. The molecule has 100 heavy (non-hydrogen) atoms. The topological polar surface area (TPSA) is 190 Å². The average Bonchev–Trinajstić information content (AvgIpc) is 0.837. The van der Waals surface area contributed by atoms with Gasteiger partial charge in [-0.25, -0.2) is 29.1 Å². The molecule has 2 heterocycles. The first kappa shape index (κ1) is 71.7. The van der Waals surface area contributed by atoms with Crippen molar-refractivity contribution in [1.82, 2.24) is 9.97 Å². The number of benzene rings is 8. The average molecular weight is 1320 g/mol. The van der Waals surface area contributed by atoms with Gasteiger partial charge in [-0.3, -0.25) is 0 Å². The number of nitrogens with one attached hydrogen (secondary N) is 8. The van der Waals surface area contributed by atoms with Crippen molar-refractivity contribution in [2.75, 3.05) is 42.5 Å². The Labute approximate surface area is 588 Å².